The lowest BCUT2D eigenvalue weighted by molar-refractivity contribution is 0.473. The fourth-order valence-corrected chi connectivity index (χ4v) is 3.44. The smallest absolute Gasteiger partial charge is 0.0656 e. The molecule has 0 aromatic carbocycles. The molecule has 2 aromatic rings. The average Bonchev–Trinajstić information content (AvgIpc) is 3.04. The van der Waals surface area contributed by atoms with Crippen LogP contribution in [0.5, 0.6) is 0 Å². The quantitative estimate of drug-likeness (QED) is 0.588. The number of aromatic nitrogens is 2. The van der Waals surface area contributed by atoms with E-state index in [1.807, 2.05) is 18.5 Å². The van der Waals surface area contributed by atoms with Gasteiger partial charge in [-0.3, -0.25) is 4.99 Å². The molecule has 3 nitrogen and oxygen atoms in total. The predicted octanol–water partition coefficient (Wildman–Crippen LogP) is 5.02. The van der Waals surface area contributed by atoms with Crippen molar-refractivity contribution in [3.05, 3.63) is 35.2 Å². The highest BCUT2D eigenvalue weighted by atomic mass is 14.8. The molecule has 1 aliphatic carbocycles. The van der Waals surface area contributed by atoms with Gasteiger partial charge in [0, 0.05) is 19.0 Å². The Labute approximate surface area is 133 Å². The number of rotatable bonds is 4. The van der Waals surface area contributed by atoms with Crippen LogP contribution in [0.25, 0.3) is 11.4 Å². The maximum Gasteiger partial charge on any atom is 0.0656 e. The van der Waals surface area contributed by atoms with Crippen LogP contribution in [0.4, 0.5) is 0 Å². The molecular weight excluding hydrogens is 270 g/mol. The van der Waals surface area contributed by atoms with Gasteiger partial charge in [-0.05, 0) is 55.9 Å². The van der Waals surface area contributed by atoms with Gasteiger partial charge in [-0.25, -0.2) is 0 Å². The topological polar surface area (TPSA) is 43.9 Å². The number of nitrogens with zero attached hydrogens (tertiary/aromatic N) is 1. The molecule has 0 aliphatic heterocycles. The summed E-state index contributed by atoms with van der Waals surface area (Å²) in [5.41, 5.74) is 6.07. The standard InChI is InChI=1S/C19H27N3/c1-14-15(2)19(17-10-7-11-21-17)22-18(14)13-20-12-16-8-5-3-4-6-9-16/h7,10-11,13,16,21-22H,3-6,8-9,12H2,1-2H3. The molecular formula is C19H27N3. The first-order chi connectivity index (χ1) is 10.8. The summed E-state index contributed by atoms with van der Waals surface area (Å²) in [6.07, 6.45) is 12.3. The van der Waals surface area contributed by atoms with E-state index in [-0.39, 0.29) is 0 Å². The van der Waals surface area contributed by atoms with Crippen molar-refractivity contribution in [1.29, 1.82) is 0 Å². The third-order valence-electron chi connectivity index (χ3n) is 5.03. The molecule has 2 aromatic heterocycles. The summed E-state index contributed by atoms with van der Waals surface area (Å²) >= 11 is 0. The minimum absolute atomic E-state index is 0.790. The Hall–Kier alpha value is -1.77. The predicted molar refractivity (Wildman–Crippen MR) is 93.7 cm³/mol. The summed E-state index contributed by atoms with van der Waals surface area (Å²) in [7, 11) is 0. The Morgan fingerprint density at radius 1 is 1.14 bits per heavy atom. The molecule has 1 aliphatic rings. The maximum absolute atomic E-state index is 4.74. The molecule has 22 heavy (non-hydrogen) atoms. The van der Waals surface area contributed by atoms with E-state index in [0.29, 0.717) is 0 Å². The van der Waals surface area contributed by atoms with Crippen molar-refractivity contribution in [2.24, 2.45) is 10.9 Å². The number of aromatic amines is 2. The first kappa shape index (κ1) is 15.1. The molecule has 118 valence electrons. The van der Waals surface area contributed by atoms with Crippen molar-refractivity contribution in [3.63, 3.8) is 0 Å². The van der Waals surface area contributed by atoms with Gasteiger partial charge in [0.25, 0.3) is 0 Å². The van der Waals surface area contributed by atoms with Crippen LogP contribution >= 0.6 is 0 Å². The fraction of sp³-hybridized carbons (Fsp3) is 0.526. The van der Waals surface area contributed by atoms with Gasteiger partial charge in [-0.15, -0.1) is 0 Å². The monoisotopic (exact) mass is 297 g/mol. The average molecular weight is 297 g/mol. The van der Waals surface area contributed by atoms with Crippen LogP contribution < -0.4 is 0 Å². The SMILES string of the molecule is Cc1c(C=NCC2CCCCCC2)[nH]c(-c2ccc[nH]2)c1C. The van der Waals surface area contributed by atoms with E-state index in [9.17, 15) is 0 Å². The maximum atomic E-state index is 4.74. The fourth-order valence-electron chi connectivity index (χ4n) is 3.44. The number of nitrogens with one attached hydrogen (secondary N) is 2. The number of hydrogen-bond donors (Lipinski definition) is 2. The molecule has 1 saturated carbocycles. The van der Waals surface area contributed by atoms with Crippen LogP contribution in [-0.4, -0.2) is 22.7 Å². The zero-order chi connectivity index (χ0) is 15.4. The molecule has 3 heteroatoms. The Morgan fingerprint density at radius 3 is 2.59 bits per heavy atom. The van der Waals surface area contributed by atoms with Crippen molar-refractivity contribution >= 4 is 6.21 Å². The van der Waals surface area contributed by atoms with Gasteiger partial charge in [0.2, 0.25) is 0 Å². The van der Waals surface area contributed by atoms with E-state index < -0.39 is 0 Å². The third-order valence-corrected chi connectivity index (χ3v) is 5.03. The van der Waals surface area contributed by atoms with Crippen molar-refractivity contribution in [3.8, 4) is 11.4 Å². The minimum Gasteiger partial charge on any atom is -0.360 e. The molecule has 2 N–H and O–H groups in total. The molecule has 0 bridgehead atoms. The number of aliphatic imine (C=N–C) groups is 1. The highest BCUT2D eigenvalue weighted by Crippen LogP contribution is 2.26. The second kappa shape index (κ2) is 6.99. The summed E-state index contributed by atoms with van der Waals surface area (Å²) in [5.74, 6) is 0.790. The second-order valence-corrected chi connectivity index (χ2v) is 6.60. The zero-order valence-electron chi connectivity index (χ0n) is 13.8. The number of hydrogen-bond acceptors (Lipinski definition) is 1. The van der Waals surface area contributed by atoms with Crippen LogP contribution in [0.2, 0.25) is 0 Å². The highest BCUT2D eigenvalue weighted by Gasteiger charge is 2.13. The normalized spacial score (nSPS) is 17.2. The lowest BCUT2D eigenvalue weighted by Crippen LogP contribution is -2.03. The van der Waals surface area contributed by atoms with Crippen molar-refractivity contribution < 1.29 is 0 Å². The molecule has 2 heterocycles. The van der Waals surface area contributed by atoms with Gasteiger partial charge in [0.05, 0.1) is 17.1 Å². The molecule has 0 unspecified atom stereocenters. The molecule has 1 fully saturated rings. The van der Waals surface area contributed by atoms with Gasteiger partial charge in [0.15, 0.2) is 0 Å². The van der Waals surface area contributed by atoms with Crippen LogP contribution in [0.3, 0.4) is 0 Å². The molecule has 0 spiro atoms. The van der Waals surface area contributed by atoms with Crippen LogP contribution in [0.15, 0.2) is 23.3 Å². The first-order valence-corrected chi connectivity index (χ1v) is 8.58. The third kappa shape index (κ3) is 3.34. The van der Waals surface area contributed by atoms with Gasteiger partial charge in [0.1, 0.15) is 0 Å². The van der Waals surface area contributed by atoms with Gasteiger partial charge >= 0.3 is 0 Å². The highest BCUT2D eigenvalue weighted by molar-refractivity contribution is 5.83. The second-order valence-electron chi connectivity index (χ2n) is 6.60. The van der Waals surface area contributed by atoms with Gasteiger partial charge in [-0.1, -0.05) is 25.7 Å². The van der Waals surface area contributed by atoms with Crippen molar-refractivity contribution in [1.82, 2.24) is 9.97 Å². The summed E-state index contributed by atoms with van der Waals surface area (Å²) < 4.78 is 0. The Balaban J connectivity index is 1.69. The molecule has 3 rings (SSSR count). The van der Waals surface area contributed by atoms with E-state index in [0.717, 1.165) is 23.9 Å². The van der Waals surface area contributed by atoms with Crippen LogP contribution in [0, 0.1) is 19.8 Å². The van der Waals surface area contributed by atoms with Crippen LogP contribution in [0.1, 0.15) is 55.3 Å². The molecule has 0 saturated heterocycles. The largest absolute Gasteiger partial charge is 0.360 e. The summed E-state index contributed by atoms with van der Waals surface area (Å²) in [6, 6.07) is 4.13. The van der Waals surface area contributed by atoms with E-state index in [1.54, 1.807) is 0 Å². The number of H-pyrrole nitrogens is 2. The summed E-state index contributed by atoms with van der Waals surface area (Å²) in [5, 5.41) is 0. The van der Waals surface area contributed by atoms with Crippen molar-refractivity contribution in [2.45, 2.75) is 52.4 Å². The van der Waals surface area contributed by atoms with Crippen LogP contribution in [-0.2, 0) is 0 Å². The molecule has 0 radical (unpaired) electrons. The van der Waals surface area contributed by atoms with E-state index in [1.165, 1.54) is 55.3 Å². The van der Waals surface area contributed by atoms with Gasteiger partial charge < -0.3 is 9.97 Å². The van der Waals surface area contributed by atoms with E-state index in [4.69, 9.17) is 4.99 Å². The van der Waals surface area contributed by atoms with Crippen molar-refractivity contribution in [2.75, 3.05) is 6.54 Å². The van der Waals surface area contributed by atoms with E-state index in [2.05, 4.69) is 29.9 Å². The Kier molecular flexibility index (Phi) is 4.81. The first-order valence-electron chi connectivity index (χ1n) is 8.58. The zero-order valence-corrected chi connectivity index (χ0v) is 13.8. The molecule has 0 atom stereocenters. The minimum atomic E-state index is 0.790. The lowest BCUT2D eigenvalue weighted by atomic mass is 10.0. The summed E-state index contributed by atoms with van der Waals surface area (Å²) in [6.45, 7) is 5.32. The lowest BCUT2D eigenvalue weighted by Gasteiger charge is -2.09. The molecule has 0 amide bonds. The van der Waals surface area contributed by atoms with E-state index >= 15 is 0 Å². The summed E-state index contributed by atoms with van der Waals surface area (Å²) in [4.78, 5) is 11.5. The van der Waals surface area contributed by atoms with Gasteiger partial charge in [-0.2, -0.15) is 0 Å². The Bertz CT molecular complexity index is 611. The Morgan fingerprint density at radius 2 is 1.91 bits per heavy atom.